The van der Waals surface area contributed by atoms with Gasteiger partial charge in [-0.3, -0.25) is 0 Å². The third-order valence-electron chi connectivity index (χ3n) is 6.21. The van der Waals surface area contributed by atoms with E-state index in [-0.39, 0.29) is 0 Å². The molecular formula is C24H21NO. The van der Waals surface area contributed by atoms with Crippen molar-refractivity contribution in [2.75, 3.05) is 18.0 Å². The van der Waals surface area contributed by atoms with Crippen LogP contribution in [0, 0.1) is 0 Å². The van der Waals surface area contributed by atoms with Gasteiger partial charge in [0.25, 0.3) is 0 Å². The monoisotopic (exact) mass is 339 g/mol. The molecule has 0 spiro atoms. The summed E-state index contributed by atoms with van der Waals surface area (Å²) in [5, 5.41) is 2.46. The molecule has 0 amide bonds. The standard InChI is InChI=1S/C24H21NO/c1-2-12-22-18(8-1)21-11-4-10-20(24(21)26-22)17-13-15-25-14-5-7-16-6-3-9-19(17)23(16)25/h1-4,6,8-12,17H,5,7,13-15H2. The molecule has 6 rings (SSSR count). The quantitative estimate of drug-likeness (QED) is 0.431. The van der Waals surface area contributed by atoms with E-state index in [1.807, 2.05) is 0 Å². The van der Waals surface area contributed by atoms with Crippen LogP contribution in [-0.4, -0.2) is 13.1 Å². The number of nitrogens with zero attached hydrogens (tertiary/aromatic N) is 1. The van der Waals surface area contributed by atoms with Gasteiger partial charge in [0.1, 0.15) is 11.2 Å². The lowest BCUT2D eigenvalue weighted by molar-refractivity contribution is 0.589. The molecule has 0 bridgehead atoms. The van der Waals surface area contributed by atoms with Crippen molar-refractivity contribution in [3.63, 3.8) is 0 Å². The number of para-hydroxylation sites is 3. The second-order valence-corrected chi connectivity index (χ2v) is 7.61. The molecule has 128 valence electrons. The average Bonchev–Trinajstić information content (AvgIpc) is 3.08. The van der Waals surface area contributed by atoms with Gasteiger partial charge in [0.15, 0.2) is 0 Å². The van der Waals surface area contributed by atoms with Crippen molar-refractivity contribution in [2.24, 2.45) is 0 Å². The summed E-state index contributed by atoms with van der Waals surface area (Å²) in [6.45, 7) is 2.34. The Labute approximate surface area is 153 Å². The second-order valence-electron chi connectivity index (χ2n) is 7.61. The fourth-order valence-electron chi connectivity index (χ4n) is 5.08. The zero-order chi connectivity index (χ0) is 17.1. The molecule has 0 radical (unpaired) electrons. The van der Waals surface area contributed by atoms with E-state index in [0.717, 1.165) is 24.1 Å². The molecular weight excluding hydrogens is 318 g/mol. The van der Waals surface area contributed by atoms with Crippen molar-refractivity contribution in [3.8, 4) is 0 Å². The number of furan rings is 1. The molecule has 0 saturated heterocycles. The maximum atomic E-state index is 6.34. The molecule has 2 aliphatic rings. The van der Waals surface area contributed by atoms with Gasteiger partial charge in [-0.05, 0) is 36.5 Å². The lowest BCUT2D eigenvalue weighted by atomic mass is 9.81. The van der Waals surface area contributed by atoms with E-state index in [1.165, 1.54) is 52.5 Å². The number of benzene rings is 3. The van der Waals surface area contributed by atoms with E-state index in [2.05, 4.69) is 65.6 Å². The van der Waals surface area contributed by atoms with Crippen LogP contribution in [0.4, 0.5) is 5.69 Å². The molecule has 4 aromatic rings. The molecule has 2 nitrogen and oxygen atoms in total. The van der Waals surface area contributed by atoms with E-state index < -0.39 is 0 Å². The molecule has 2 aliphatic heterocycles. The number of anilines is 1. The fourth-order valence-corrected chi connectivity index (χ4v) is 5.08. The van der Waals surface area contributed by atoms with E-state index in [4.69, 9.17) is 4.42 Å². The Balaban J connectivity index is 1.60. The number of hydrogen-bond donors (Lipinski definition) is 0. The van der Waals surface area contributed by atoms with Crippen LogP contribution >= 0.6 is 0 Å². The largest absolute Gasteiger partial charge is 0.456 e. The van der Waals surface area contributed by atoms with Crippen LogP contribution in [0.3, 0.4) is 0 Å². The van der Waals surface area contributed by atoms with Gasteiger partial charge in [0.2, 0.25) is 0 Å². The maximum Gasteiger partial charge on any atom is 0.139 e. The molecule has 0 aliphatic carbocycles. The molecule has 1 unspecified atom stereocenters. The first kappa shape index (κ1) is 14.4. The van der Waals surface area contributed by atoms with Gasteiger partial charge in [-0.15, -0.1) is 0 Å². The Morgan fingerprint density at radius 2 is 1.65 bits per heavy atom. The minimum absolute atomic E-state index is 0.420. The summed E-state index contributed by atoms with van der Waals surface area (Å²) in [4.78, 5) is 2.60. The van der Waals surface area contributed by atoms with Crippen molar-refractivity contribution < 1.29 is 4.42 Å². The molecule has 1 aromatic heterocycles. The van der Waals surface area contributed by atoms with Crippen LogP contribution < -0.4 is 4.90 Å². The Bertz CT molecular complexity index is 1140. The second kappa shape index (κ2) is 5.38. The van der Waals surface area contributed by atoms with Gasteiger partial charge in [-0.1, -0.05) is 54.6 Å². The lowest BCUT2D eigenvalue weighted by Gasteiger charge is -2.40. The predicted octanol–water partition coefficient (Wildman–Crippen LogP) is 5.87. The van der Waals surface area contributed by atoms with Crippen molar-refractivity contribution in [1.29, 1.82) is 0 Å². The number of rotatable bonds is 1. The summed E-state index contributed by atoms with van der Waals surface area (Å²) >= 11 is 0. The molecule has 0 N–H and O–H groups in total. The van der Waals surface area contributed by atoms with Crippen molar-refractivity contribution >= 4 is 27.6 Å². The van der Waals surface area contributed by atoms with E-state index >= 15 is 0 Å². The summed E-state index contributed by atoms with van der Waals surface area (Å²) in [7, 11) is 0. The van der Waals surface area contributed by atoms with Crippen LogP contribution in [0.2, 0.25) is 0 Å². The summed E-state index contributed by atoms with van der Waals surface area (Å²) < 4.78 is 6.34. The SMILES string of the molecule is c1cc2c3c(c1)C(c1cccc4c1oc1ccccc14)CCN3CCC2. The lowest BCUT2D eigenvalue weighted by Crippen LogP contribution is -2.36. The summed E-state index contributed by atoms with van der Waals surface area (Å²) in [5.74, 6) is 0.420. The van der Waals surface area contributed by atoms with Gasteiger partial charge in [-0.25, -0.2) is 0 Å². The van der Waals surface area contributed by atoms with Gasteiger partial charge in [0.05, 0.1) is 0 Å². The van der Waals surface area contributed by atoms with Gasteiger partial charge in [-0.2, -0.15) is 0 Å². The highest BCUT2D eigenvalue weighted by Gasteiger charge is 2.31. The van der Waals surface area contributed by atoms with Crippen LogP contribution in [0.1, 0.15) is 35.4 Å². The predicted molar refractivity (Wildman–Crippen MR) is 107 cm³/mol. The van der Waals surface area contributed by atoms with Gasteiger partial charge in [0, 0.05) is 41.0 Å². The highest BCUT2D eigenvalue weighted by atomic mass is 16.3. The Morgan fingerprint density at radius 3 is 2.65 bits per heavy atom. The van der Waals surface area contributed by atoms with Crippen molar-refractivity contribution in [2.45, 2.75) is 25.2 Å². The van der Waals surface area contributed by atoms with Crippen LogP contribution in [-0.2, 0) is 6.42 Å². The van der Waals surface area contributed by atoms with Gasteiger partial charge < -0.3 is 9.32 Å². The highest BCUT2D eigenvalue weighted by Crippen LogP contribution is 2.45. The first-order valence-electron chi connectivity index (χ1n) is 9.67. The first-order chi connectivity index (χ1) is 12.9. The summed E-state index contributed by atoms with van der Waals surface area (Å²) in [5.41, 5.74) is 7.92. The molecule has 0 fully saturated rings. The summed E-state index contributed by atoms with van der Waals surface area (Å²) in [6.07, 6.45) is 3.65. The summed E-state index contributed by atoms with van der Waals surface area (Å²) in [6, 6.07) is 21.9. The van der Waals surface area contributed by atoms with Crippen molar-refractivity contribution in [3.05, 3.63) is 77.4 Å². The molecule has 26 heavy (non-hydrogen) atoms. The van der Waals surface area contributed by atoms with E-state index in [9.17, 15) is 0 Å². The minimum atomic E-state index is 0.420. The van der Waals surface area contributed by atoms with Crippen LogP contribution in [0.25, 0.3) is 21.9 Å². The van der Waals surface area contributed by atoms with Crippen LogP contribution in [0.5, 0.6) is 0 Å². The van der Waals surface area contributed by atoms with Gasteiger partial charge >= 0.3 is 0 Å². The van der Waals surface area contributed by atoms with Crippen molar-refractivity contribution in [1.82, 2.24) is 0 Å². The topological polar surface area (TPSA) is 16.4 Å². The Morgan fingerprint density at radius 1 is 0.808 bits per heavy atom. The highest BCUT2D eigenvalue weighted by molar-refractivity contribution is 6.06. The first-order valence-corrected chi connectivity index (χ1v) is 9.67. The number of fused-ring (bicyclic) bond motifs is 3. The molecule has 3 aromatic carbocycles. The molecule has 0 saturated carbocycles. The van der Waals surface area contributed by atoms with Crippen LogP contribution in [0.15, 0.2) is 65.1 Å². The minimum Gasteiger partial charge on any atom is -0.456 e. The zero-order valence-corrected chi connectivity index (χ0v) is 14.7. The Kier molecular flexibility index (Phi) is 2.98. The normalized spacial score (nSPS) is 19.1. The fraction of sp³-hybridized carbons (Fsp3) is 0.250. The zero-order valence-electron chi connectivity index (χ0n) is 14.7. The molecule has 2 heteroatoms. The Hall–Kier alpha value is -2.74. The molecule has 3 heterocycles. The third-order valence-corrected chi connectivity index (χ3v) is 6.21. The maximum absolute atomic E-state index is 6.34. The number of hydrogen-bond acceptors (Lipinski definition) is 2. The average molecular weight is 339 g/mol. The number of aryl methyl sites for hydroxylation is 1. The smallest absolute Gasteiger partial charge is 0.139 e. The third kappa shape index (κ3) is 1.93. The molecule has 1 atom stereocenters. The van der Waals surface area contributed by atoms with E-state index in [1.54, 1.807) is 0 Å². The van der Waals surface area contributed by atoms with E-state index in [0.29, 0.717) is 5.92 Å².